The summed E-state index contributed by atoms with van der Waals surface area (Å²) >= 11 is 0. The minimum absolute atomic E-state index is 0.00480. The number of nitrogens with one attached hydrogen (secondary N) is 1. The summed E-state index contributed by atoms with van der Waals surface area (Å²) in [6, 6.07) is 6.20. The lowest BCUT2D eigenvalue weighted by molar-refractivity contribution is -0.102. The highest BCUT2D eigenvalue weighted by molar-refractivity contribution is 6.01. The Balaban J connectivity index is 1.83. The van der Waals surface area contributed by atoms with Gasteiger partial charge in [0.1, 0.15) is 11.4 Å². The molecule has 0 bridgehead atoms. The van der Waals surface area contributed by atoms with Crippen molar-refractivity contribution in [3.05, 3.63) is 58.9 Å². The van der Waals surface area contributed by atoms with Gasteiger partial charge in [-0.3, -0.25) is 10.6 Å². The van der Waals surface area contributed by atoms with Crippen LogP contribution in [0.4, 0.5) is 24.5 Å². The highest BCUT2D eigenvalue weighted by atomic mass is 19.2. The number of halogens is 3. The van der Waals surface area contributed by atoms with E-state index in [2.05, 4.69) is 5.32 Å². The first kappa shape index (κ1) is 22.1. The predicted molar refractivity (Wildman–Crippen MR) is 108 cm³/mol. The topological polar surface area (TPSA) is 81.8 Å². The summed E-state index contributed by atoms with van der Waals surface area (Å²) in [5, 5.41) is 14.5. The first-order valence-corrected chi connectivity index (χ1v) is 9.55. The van der Waals surface area contributed by atoms with E-state index in [-0.39, 0.29) is 36.9 Å². The zero-order valence-corrected chi connectivity index (χ0v) is 17.0. The number of likely N-dealkylation sites (tertiary alicyclic amines) is 1. The van der Waals surface area contributed by atoms with Crippen LogP contribution in [0.5, 0.6) is 0 Å². The van der Waals surface area contributed by atoms with Crippen LogP contribution in [0.2, 0.25) is 0 Å². The fraction of sp³-hybridized carbons (Fsp3) is 0.381. The molecule has 0 spiro atoms. The number of carbonyl (C=O) groups is 1. The second kappa shape index (κ2) is 8.25. The molecule has 0 radical (unpaired) electrons. The average molecular weight is 422 g/mol. The largest absolute Gasteiger partial charge is 0.385 e. The van der Waals surface area contributed by atoms with Crippen LogP contribution in [0.1, 0.15) is 29.8 Å². The molecule has 1 amide bonds. The van der Waals surface area contributed by atoms with Crippen LogP contribution in [0, 0.1) is 24.4 Å². The van der Waals surface area contributed by atoms with Crippen LogP contribution in [0.15, 0.2) is 30.3 Å². The zero-order valence-electron chi connectivity index (χ0n) is 17.0. The molecule has 9 heteroatoms. The van der Waals surface area contributed by atoms with E-state index >= 15 is 0 Å². The van der Waals surface area contributed by atoms with Gasteiger partial charge in [-0.1, -0.05) is 6.07 Å². The molecule has 3 rings (SSSR count). The molecule has 2 aromatic carbocycles. The molecule has 0 unspecified atom stereocenters. The Bertz CT molecular complexity index is 962. The van der Waals surface area contributed by atoms with Crippen molar-refractivity contribution in [1.29, 1.82) is 0 Å². The van der Waals surface area contributed by atoms with E-state index < -0.39 is 34.6 Å². The number of aliphatic hydroxyl groups is 1. The van der Waals surface area contributed by atoms with Crippen molar-refractivity contribution in [1.82, 2.24) is 9.91 Å². The minimum atomic E-state index is -1.29. The summed E-state index contributed by atoms with van der Waals surface area (Å²) in [7, 11) is 0. The van der Waals surface area contributed by atoms with Gasteiger partial charge in [0, 0.05) is 12.6 Å². The second-order valence-corrected chi connectivity index (χ2v) is 8.04. The van der Waals surface area contributed by atoms with Crippen LogP contribution in [0.25, 0.3) is 0 Å². The fourth-order valence-electron chi connectivity index (χ4n) is 3.31. The van der Waals surface area contributed by atoms with Crippen molar-refractivity contribution >= 4 is 17.3 Å². The number of nitrogens with two attached hydrogens (primary N) is 1. The number of carbonyl (C=O) groups excluding carboxylic acids is 1. The van der Waals surface area contributed by atoms with Gasteiger partial charge in [-0.05, 0) is 50.6 Å². The molecule has 0 saturated carbocycles. The van der Waals surface area contributed by atoms with E-state index in [1.54, 1.807) is 13.0 Å². The molecule has 1 aliphatic rings. The molecule has 4 N–H and O–H groups in total. The number of hydrogen-bond donors (Lipinski definition) is 3. The van der Waals surface area contributed by atoms with E-state index in [1.165, 1.54) is 22.0 Å². The van der Waals surface area contributed by atoms with E-state index in [0.717, 1.165) is 12.1 Å². The highest BCUT2D eigenvalue weighted by Crippen LogP contribution is 2.31. The van der Waals surface area contributed by atoms with Crippen molar-refractivity contribution in [3.8, 4) is 0 Å². The highest BCUT2D eigenvalue weighted by Gasteiger charge is 2.45. The third-order valence-corrected chi connectivity index (χ3v) is 5.11. The number of hydrazine groups is 1. The summed E-state index contributed by atoms with van der Waals surface area (Å²) in [5.74, 6) is 2.12. The third kappa shape index (κ3) is 4.43. The second-order valence-electron chi connectivity index (χ2n) is 8.04. The third-order valence-electron chi connectivity index (χ3n) is 5.11. The number of hydrogen-bond acceptors (Lipinski definition) is 5. The molecule has 1 saturated heterocycles. The summed E-state index contributed by atoms with van der Waals surface area (Å²) in [5.41, 5.74) is -1.24. The van der Waals surface area contributed by atoms with Crippen LogP contribution in [0.3, 0.4) is 0 Å². The van der Waals surface area contributed by atoms with Crippen molar-refractivity contribution in [3.63, 3.8) is 0 Å². The first-order chi connectivity index (χ1) is 14.0. The van der Waals surface area contributed by atoms with Gasteiger partial charge < -0.3 is 15.3 Å². The summed E-state index contributed by atoms with van der Waals surface area (Å²) in [4.78, 5) is 14.2. The van der Waals surface area contributed by atoms with Gasteiger partial charge in [0.2, 0.25) is 0 Å². The van der Waals surface area contributed by atoms with Gasteiger partial charge in [-0.25, -0.2) is 18.2 Å². The number of benzene rings is 2. The lowest BCUT2D eigenvalue weighted by atomic mass is 9.92. The summed E-state index contributed by atoms with van der Waals surface area (Å²) in [6.07, 6.45) is 0. The predicted octanol–water partition coefficient (Wildman–Crippen LogP) is 2.93. The monoisotopic (exact) mass is 422 g/mol. The Kier molecular flexibility index (Phi) is 6.07. The van der Waals surface area contributed by atoms with Crippen molar-refractivity contribution in [2.45, 2.75) is 32.4 Å². The zero-order chi connectivity index (χ0) is 22.2. The molecule has 0 aromatic heterocycles. The molecule has 2 aromatic rings. The van der Waals surface area contributed by atoms with Gasteiger partial charge in [0.25, 0.3) is 5.91 Å². The van der Waals surface area contributed by atoms with Gasteiger partial charge in [0.05, 0.1) is 30.0 Å². The van der Waals surface area contributed by atoms with Gasteiger partial charge in [-0.15, -0.1) is 0 Å². The van der Waals surface area contributed by atoms with Gasteiger partial charge in [0.15, 0.2) is 11.6 Å². The molecule has 1 fully saturated rings. The lowest BCUT2D eigenvalue weighted by Gasteiger charge is -2.48. The lowest BCUT2D eigenvalue weighted by Crippen LogP contribution is -2.68. The maximum absolute atomic E-state index is 14.5. The molecular formula is C21H25F3N4O2. The van der Waals surface area contributed by atoms with Crippen LogP contribution < -0.4 is 11.2 Å². The molecule has 162 valence electrons. The molecule has 0 aliphatic carbocycles. The Labute approximate surface area is 173 Å². The Hall–Kier alpha value is -2.62. The minimum Gasteiger partial charge on any atom is -0.385 e. The van der Waals surface area contributed by atoms with Crippen molar-refractivity contribution in [2.75, 3.05) is 25.0 Å². The average Bonchev–Trinajstić information content (AvgIpc) is 2.64. The maximum Gasteiger partial charge on any atom is 0.256 e. The number of amides is 1. The van der Waals surface area contributed by atoms with E-state index in [0.29, 0.717) is 5.56 Å². The van der Waals surface area contributed by atoms with E-state index in [1.807, 2.05) is 13.8 Å². The van der Waals surface area contributed by atoms with Crippen molar-refractivity contribution < 1.29 is 23.1 Å². The standard InChI is InChI=1S/C21H25F3N4O2/c1-12(2)28(25)11-21(30)9-27(10-21)20(29)14-5-6-15(22)18(24)19(14)26-17-7-4-13(3)8-16(17)23/h4-8,12,26,30H,9-11,25H2,1-3H3. The van der Waals surface area contributed by atoms with Crippen LogP contribution >= 0.6 is 0 Å². The fourth-order valence-corrected chi connectivity index (χ4v) is 3.31. The molecule has 6 nitrogen and oxygen atoms in total. The number of β-amino-alcohol motifs (C(OH)–C–C–N with tert-alkyl or cyclic N) is 1. The first-order valence-electron chi connectivity index (χ1n) is 9.55. The Morgan fingerprint density at radius 1 is 1.23 bits per heavy atom. The molecule has 30 heavy (non-hydrogen) atoms. The number of rotatable bonds is 6. The van der Waals surface area contributed by atoms with Crippen LogP contribution in [-0.4, -0.2) is 52.2 Å². The number of anilines is 2. The van der Waals surface area contributed by atoms with Gasteiger partial charge >= 0.3 is 0 Å². The SMILES string of the molecule is Cc1ccc(Nc2c(C(=O)N3CC(O)(CN(N)C(C)C)C3)ccc(F)c2F)c(F)c1. The Morgan fingerprint density at radius 3 is 2.50 bits per heavy atom. The summed E-state index contributed by atoms with van der Waals surface area (Å²) < 4.78 is 42.6. The normalized spacial score (nSPS) is 15.5. The Morgan fingerprint density at radius 2 is 1.90 bits per heavy atom. The smallest absolute Gasteiger partial charge is 0.256 e. The van der Waals surface area contributed by atoms with Gasteiger partial charge in [-0.2, -0.15) is 0 Å². The number of nitrogens with zero attached hydrogens (tertiary/aromatic N) is 2. The van der Waals surface area contributed by atoms with Crippen molar-refractivity contribution in [2.24, 2.45) is 5.84 Å². The summed E-state index contributed by atoms with van der Waals surface area (Å²) in [6.45, 7) is 5.57. The van der Waals surface area contributed by atoms with E-state index in [4.69, 9.17) is 5.84 Å². The molecular weight excluding hydrogens is 397 g/mol. The van der Waals surface area contributed by atoms with Crippen LogP contribution in [-0.2, 0) is 0 Å². The van der Waals surface area contributed by atoms with E-state index in [9.17, 15) is 23.1 Å². The quantitative estimate of drug-likeness (QED) is 0.493. The molecule has 1 heterocycles. The molecule has 0 atom stereocenters. The molecule has 1 aliphatic heterocycles. The number of aryl methyl sites for hydroxylation is 1. The maximum atomic E-state index is 14.5.